The molecule has 5 nitrogen and oxygen atoms in total. The van der Waals surface area contributed by atoms with Crippen molar-refractivity contribution in [3.8, 4) is 17.2 Å². The summed E-state index contributed by atoms with van der Waals surface area (Å²) < 4.78 is 16.2. The molecule has 0 aliphatic rings. The molecule has 3 aromatic carbocycles. The Morgan fingerprint density at radius 3 is 1.64 bits per heavy atom. The van der Waals surface area contributed by atoms with Crippen LogP contribution >= 0.6 is 0 Å². The van der Waals surface area contributed by atoms with Gasteiger partial charge in [-0.2, -0.15) is 5.10 Å². The van der Waals surface area contributed by atoms with Crippen molar-refractivity contribution in [2.24, 2.45) is 10.2 Å². The van der Waals surface area contributed by atoms with Gasteiger partial charge in [0, 0.05) is 23.3 Å². The summed E-state index contributed by atoms with van der Waals surface area (Å²) in [5.74, 6) is 1.83. The predicted molar refractivity (Wildman–Crippen MR) is 112 cm³/mol. The van der Waals surface area contributed by atoms with Gasteiger partial charge in [0.05, 0.1) is 33.1 Å². The van der Waals surface area contributed by atoms with Gasteiger partial charge in [0.2, 0.25) is 0 Å². The Bertz CT molecular complexity index is 901. The van der Waals surface area contributed by atoms with Crippen molar-refractivity contribution in [3.05, 3.63) is 89.5 Å². The van der Waals surface area contributed by atoms with Crippen molar-refractivity contribution in [1.29, 1.82) is 0 Å². The van der Waals surface area contributed by atoms with E-state index in [0.717, 1.165) is 16.8 Å². The molecule has 0 N–H and O–H groups in total. The van der Waals surface area contributed by atoms with Crippen LogP contribution in [0.1, 0.15) is 16.7 Å². The van der Waals surface area contributed by atoms with Crippen molar-refractivity contribution in [3.63, 3.8) is 0 Å². The number of methoxy groups -OCH3 is 3. The van der Waals surface area contributed by atoms with Crippen LogP contribution in [0.5, 0.6) is 17.2 Å². The van der Waals surface area contributed by atoms with Crippen molar-refractivity contribution in [2.75, 3.05) is 21.3 Å². The Hall–Kier alpha value is -3.60. The van der Waals surface area contributed by atoms with Gasteiger partial charge in [0.1, 0.15) is 23.0 Å². The molecule has 0 atom stereocenters. The maximum absolute atomic E-state index is 5.46. The number of hydrogen-bond donors (Lipinski definition) is 0. The van der Waals surface area contributed by atoms with E-state index in [4.69, 9.17) is 14.2 Å². The standard InChI is InChI=1S/C23H22N2O3/c1-26-19-14-21(27-2)20(22(15-19)28-3)16-24-25-23(17-10-6-4-7-11-17)18-12-8-5-9-13-18/h4-16H,1-3H3/b24-16+. The molecule has 0 saturated heterocycles. The van der Waals surface area contributed by atoms with Crippen LogP contribution in [0.2, 0.25) is 0 Å². The van der Waals surface area contributed by atoms with E-state index in [1.54, 1.807) is 39.7 Å². The summed E-state index contributed by atoms with van der Waals surface area (Å²) in [6.07, 6.45) is 1.63. The fourth-order valence-electron chi connectivity index (χ4n) is 2.78. The average Bonchev–Trinajstić information content (AvgIpc) is 2.77. The number of ether oxygens (including phenoxy) is 3. The molecule has 0 radical (unpaired) electrons. The molecule has 0 unspecified atom stereocenters. The van der Waals surface area contributed by atoms with Crippen LogP contribution < -0.4 is 14.2 Å². The second-order valence-electron chi connectivity index (χ2n) is 5.87. The van der Waals surface area contributed by atoms with E-state index in [-0.39, 0.29) is 0 Å². The van der Waals surface area contributed by atoms with Gasteiger partial charge < -0.3 is 14.2 Å². The predicted octanol–water partition coefficient (Wildman–Crippen LogP) is 4.58. The summed E-state index contributed by atoms with van der Waals surface area (Å²) >= 11 is 0. The smallest absolute Gasteiger partial charge is 0.135 e. The first-order chi connectivity index (χ1) is 13.8. The maximum atomic E-state index is 5.46. The van der Waals surface area contributed by atoms with E-state index in [9.17, 15) is 0 Å². The highest BCUT2D eigenvalue weighted by atomic mass is 16.5. The third-order valence-corrected chi connectivity index (χ3v) is 4.19. The van der Waals surface area contributed by atoms with Crippen molar-refractivity contribution in [2.45, 2.75) is 0 Å². The molecule has 0 spiro atoms. The molecule has 5 heteroatoms. The molecule has 142 valence electrons. The number of rotatable bonds is 7. The van der Waals surface area contributed by atoms with Crippen LogP contribution in [0.15, 0.2) is 83.0 Å². The quantitative estimate of drug-likeness (QED) is 0.449. The third kappa shape index (κ3) is 4.38. The van der Waals surface area contributed by atoms with Gasteiger partial charge >= 0.3 is 0 Å². The molecular formula is C23H22N2O3. The lowest BCUT2D eigenvalue weighted by Crippen LogP contribution is -2.02. The van der Waals surface area contributed by atoms with Crippen LogP contribution in [0.4, 0.5) is 0 Å². The second-order valence-corrected chi connectivity index (χ2v) is 5.87. The highest BCUT2D eigenvalue weighted by molar-refractivity contribution is 6.13. The summed E-state index contributed by atoms with van der Waals surface area (Å²) in [7, 11) is 4.78. The van der Waals surface area contributed by atoms with E-state index in [0.29, 0.717) is 22.8 Å². The molecule has 0 aliphatic heterocycles. The maximum Gasteiger partial charge on any atom is 0.135 e. The first-order valence-corrected chi connectivity index (χ1v) is 8.78. The number of nitrogens with zero attached hydrogens (tertiary/aromatic N) is 2. The van der Waals surface area contributed by atoms with Gasteiger partial charge in [-0.15, -0.1) is 5.10 Å². The summed E-state index contributed by atoms with van der Waals surface area (Å²) in [4.78, 5) is 0. The molecule has 0 fully saturated rings. The Morgan fingerprint density at radius 1 is 0.714 bits per heavy atom. The second kappa shape index (κ2) is 9.37. The molecule has 0 aliphatic carbocycles. The van der Waals surface area contributed by atoms with E-state index < -0.39 is 0 Å². The zero-order chi connectivity index (χ0) is 19.8. The Kier molecular flexibility index (Phi) is 6.41. The SMILES string of the molecule is COc1cc(OC)c(/C=N/N=C(c2ccccc2)c2ccccc2)c(OC)c1. The number of hydrogen-bond acceptors (Lipinski definition) is 5. The van der Waals surface area contributed by atoms with Gasteiger partial charge in [-0.05, 0) is 0 Å². The lowest BCUT2D eigenvalue weighted by Gasteiger charge is -2.11. The normalized spacial score (nSPS) is 10.5. The van der Waals surface area contributed by atoms with E-state index in [1.165, 1.54) is 0 Å². The minimum absolute atomic E-state index is 0.594. The van der Waals surface area contributed by atoms with E-state index in [1.807, 2.05) is 60.7 Å². The van der Waals surface area contributed by atoms with Crippen molar-refractivity contribution in [1.82, 2.24) is 0 Å². The Balaban J connectivity index is 2.03. The van der Waals surface area contributed by atoms with Gasteiger partial charge in [-0.25, -0.2) is 0 Å². The summed E-state index contributed by atoms with van der Waals surface area (Å²) in [6.45, 7) is 0. The molecule has 0 amide bonds. The highest BCUT2D eigenvalue weighted by Gasteiger charge is 2.12. The zero-order valence-electron chi connectivity index (χ0n) is 16.1. The van der Waals surface area contributed by atoms with Gasteiger partial charge in [0.25, 0.3) is 0 Å². The van der Waals surface area contributed by atoms with Crippen LogP contribution in [-0.2, 0) is 0 Å². The molecule has 0 heterocycles. The third-order valence-electron chi connectivity index (χ3n) is 4.19. The van der Waals surface area contributed by atoms with Gasteiger partial charge in [0.15, 0.2) is 0 Å². The molecule has 3 aromatic rings. The summed E-state index contributed by atoms with van der Waals surface area (Å²) in [5.41, 5.74) is 3.44. The molecule has 28 heavy (non-hydrogen) atoms. The first-order valence-electron chi connectivity index (χ1n) is 8.78. The monoisotopic (exact) mass is 374 g/mol. The van der Waals surface area contributed by atoms with Gasteiger partial charge in [-0.3, -0.25) is 0 Å². The zero-order valence-corrected chi connectivity index (χ0v) is 16.1. The van der Waals surface area contributed by atoms with Crippen LogP contribution in [0, 0.1) is 0 Å². The summed E-state index contributed by atoms with van der Waals surface area (Å²) in [6, 6.07) is 23.5. The van der Waals surface area contributed by atoms with Crippen LogP contribution in [0.25, 0.3) is 0 Å². The van der Waals surface area contributed by atoms with Crippen molar-refractivity contribution < 1.29 is 14.2 Å². The van der Waals surface area contributed by atoms with E-state index in [2.05, 4.69) is 10.2 Å². The minimum atomic E-state index is 0.594. The lowest BCUT2D eigenvalue weighted by atomic mass is 10.0. The fourth-order valence-corrected chi connectivity index (χ4v) is 2.78. The van der Waals surface area contributed by atoms with Crippen LogP contribution in [0.3, 0.4) is 0 Å². The Labute approximate surface area is 164 Å². The van der Waals surface area contributed by atoms with Gasteiger partial charge in [-0.1, -0.05) is 60.7 Å². The minimum Gasteiger partial charge on any atom is -0.496 e. The molecule has 0 saturated carbocycles. The molecule has 0 aromatic heterocycles. The van der Waals surface area contributed by atoms with E-state index >= 15 is 0 Å². The average molecular weight is 374 g/mol. The first kappa shape index (κ1) is 19.2. The largest absolute Gasteiger partial charge is 0.496 e. The molecular weight excluding hydrogens is 352 g/mol. The summed E-state index contributed by atoms with van der Waals surface area (Å²) in [5, 5.41) is 8.83. The van der Waals surface area contributed by atoms with Crippen molar-refractivity contribution >= 4 is 11.9 Å². The topological polar surface area (TPSA) is 52.4 Å². The number of benzene rings is 3. The molecule has 0 bridgehead atoms. The fraction of sp³-hybridized carbons (Fsp3) is 0.130. The Morgan fingerprint density at radius 2 is 1.21 bits per heavy atom. The highest BCUT2D eigenvalue weighted by Crippen LogP contribution is 2.32. The lowest BCUT2D eigenvalue weighted by molar-refractivity contribution is 0.374. The molecule has 3 rings (SSSR count). The van der Waals surface area contributed by atoms with Crippen LogP contribution in [-0.4, -0.2) is 33.3 Å².